The monoisotopic (exact) mass is 331 g/mol. The van der Waals surface area contributed by atoms with Crippen molar-refractivity contribution >= 4 is 34.8 Å². The Balaban J connectivity index is 2.19. The molecule has 1 unspecified atom stereocenters. The van der Waals surface area contributed by atoms with E-state index >= 15 is 0 Å². The highest BCUT2D eigenvalue weighted by atomic mass is 35.5. The third kappa shape index (κ3) is 4.06. The van der Waals surface area contributed by atoms with Crippen molar-refractivity contribution in [2.75, 3.05) is 13.1 Å². The quantitative estimate of drug-likeness (QED) is 0.658. The average Bonchev–Trinajstić information content (AvgIpc) is 2.69. The van der Waals surface area contributed by atoms with Crippen LogP contribution in [0.1, 0.15) is 29.6 Å². The average molecular weight is 332 g/mol. The third-order valence-corrected chi connectivity index (χ3v) is 4.15. The molecule has 2 N–H and O–H groups in total. The summed E-state index contributed by atoms with van der Waals surface area (Å²) in [4.78, 5) is 22.5. The number of hydrogen-bond acceptors (Lipinski definition) is 4. The summed E-state index contributed by atoms with van der Waals surface area (Å²) in [5, 5.41) is 16.9. The predicted octanol–water partition coefficient (Wildman–Crippen LogP) is 2.77. The minimum Gasteiger partial charge on any atom is -0.348 e. The minimum atomic E-state index is -0.605. The van der Waals surface area contributed by atoms with Crippen LogP contribution < -0.4 is 10.6 Å². The first-order valence-electron chi connectivity index (χ1n) is 6.64. The van der Waals surface area contributed by atoms with Gasteiger partial charge in [0.15, 0.2) is 0 Å². The molecule has 0 spiro atoms. The highest BCUT2D eigenvalue weighted by molar-refractivity contribution is 6.44. The molecule has 1 saturated heterocycles. The van der Waals surface area contributed by atoms with E-state index in [4.69, 9.17) is 23.2 Å². The van der Waals surface area contributed by atoms with Crippen LogP contribution in [0.2, 0.25) is 10.0 Å². The zero-order valence-corrected chi connectivity index (χ0v) is 12.7. The van der Waals surface area contributed by atoms with Crippen molar-refractivity contribution in [2.24, 2.45) is 0 Å². The molecule has 6 nitrogen and oxygen atoms in total. The van der Waals surface area contributed by atoms with E-state index in [1.807, 2.05) is 0 Å². The van der Waals surface area contributed by atoms with Gasteiger partial charge in [-0.15, -0.1) is 0 Å². The van der Waals surface area contributed by atoms with Crippen molar-refractivity contribution < 1.29 is 9.72 Å². The summed E-state index contributed by atoms with van der Waals surface area (Å²) in [6.07, 6.45) is 2.94. The summed E-state index contributed by atoms with van der Waals surface area (Å²) in [6, 6.07) is 2.26. The molecule has 0 aromatic heterocycles. The number of hydrogen-bond donors (Lipinski definition) is 2. The molecule has 21 heavy (non-hydrogen) atoms. The van der Waals surface area contributed by atoms with Gasteiger partial charge in [-0.25, -0.2) is 0 Å². The fourth-order valence-electron chi connectivity index (χ4n) is 2.25. The Morgan fingerprint density at radius 1 is 1.38 bits per heavy atom. The van der Waals surface area contributed by atoms with Gasteiger partial charge >= 0.3 is 0 Å². The van der Waals surface area contributed by atoms with E-state index in [-0.39, 0.29) is 27.3 Å². The Labute approximate surface area is 132 Å². The molecule has 1 fully saturated rings. The van der Waals surface area contributed by atoms with E-state index in [0.717, 1.165) is 37.9 Å². The van der Waals surface area contributed by atoms with E-state index in [1.54, 1.807) is 0 Å². The number of rotatable bonds is 3. The minimum absolute atomic E-state index is 0.00462. The smallest absolute Gasteiger partial charge is 0.271 e. The zero-order chi connectivity index (χ0) is 15.4. The van der Waals surface area contributed by atoms with Crippen LogP contribution in [-0.2, 0) is 0 Å². The largest absolute Gasteiger partial charge is 0.348 e. The van der Waals surface area contributed by atoms with Gasteiger partial charge in [0.2, 0.25) is 0 Å². The van der Waals surface area contributed by atoms with Crippen LogP contribution in [0.15, 0.2) is 12.1 Å². The second-order valence-electron chi connectivity index (χ2n) is 4.92. The lowest BCUT2D eigenvalue weighted by molar-refractivity contribution is -0.384. The lowest BCUT2D eigenvalue weighted by atomic mass is 10.1. The normalized spacial score (nSPS) is 18.9. The van der Waals surface area contributed by atoms with E-state index in [0.29, 0.717) is 6.54 Å². The Hall–Kier alpha value is -1.37. The molecule has 2 rings (SSSR count). The van der Waals surface area contributed by atoms with Crippen LogP contribution in [0.5, 0.6) is 0 Å². The standard InChI is InChI=1S/C13H15Cl2N3O3/c14-11-6-9(18(20)21)5-10(12(11)15)13(19)17-8-3-1-2-4-16-7-8/h5-6,8,16H,1-4,7H2,(H,17,19). The van der Waals surface area contributed by atoms with Crippen molar-refractivity contribution in [3.05, 3.63) is 37.9 Å². The van der Waals surface area contributed by atoms with Crippen LogP contribution >= 0.6 is 23.2 Å². The molecule has 1 heterocycles. The van der Waals surface area contributed by atoms with Gasteiger partial charge in [0, 0.05) is 24.7 Å². The summed E-state index contributed by atoms with van der Waals surface area (Å²) in [5.41, 5.74) is -0.228. The van der Waals surface area contributed by atoms with Crippen LogP contribution in [0.25, 0.3) is 0 Å². The van der Waals surface area contributed by atoms with Crippen LogP contribution in [0.3, 0.4) is 0 Å². The number of halogens is 2. The first-order chi connectivity index (χ1) is 9.99. The van der Waals surface area contributed by atoms with Crippen LogP contribution in [0.4, 0.5) is 5.69 Å². The molecule has 1 aliphatic heterocycles. The Bertz CT molecular complexity index is 558. The van der Waals surface area contributed by atoms with Gasteiger partial charge in [-0.2, -0.15) is 0 Å². The first-order valence-corrected chi connectivity index (χ1v) is 7.39. The van der Waals surface area contributed by atoms with Crippen molar-refractivity contribution in [3.8, 4) is 0 Å². The van der Waals surface area contributed by atoms with Crippen molar-refractivity contribution in [3.63, 3.8) is 0 Å². The fourth-order valence-corrected chi connectivity index (χ4v) is 2.66. The number of nitro benzene ring substituents is 1. The van der Waals surface area contributed by atoms with Gasteiger partial charge in [0.05, 0.1) is 20.5 Å². The maximum atomic E-state index is 12.3. The van der Waals surface area contributed by atoms with Crippen molar-refractivity contribution in [2.45, 2.75) is 25.3 Å². The Morgan fingerprint density at radius 3 is 2.86 bits per heavy atom. The highest BCUT2D eigenvalue weighted by Crippen LogP contribution is 2.30. The highest BCUT2D eigenvalue weighted by Gasteiger charge is 2.22. The molecule has 0 bridgehead atoms. The van der Waals surface area contributed by atoms with E-state index in [9.17, 15) is 14.9 Å². The molecule has 8 heteroatoms. The zero-order valence-electron chi connectivity index (χ0n) is 11.2. The number of carbonyl (C=O) groups excluding carboxylic acids is 1. The first kappa shape index (κ1) is 16.0. The van der Waals surface area contributed by atoms with Crippen molar-refractivity contribution in [1.82, 2.24) is 10.6 Å². The third-order valence-electron chi connectivity index (χ3n) is 3.35. The maximum absolute atomic E-state index is 12.3. The molecule has 0 saturated carbocycles. The molecule has 0 aliphatic carbocycles. The molecule has 1 aromatic rings. The summed E-state index contributed by atoms with van der Waals surface area (Å²) in [7, 11) is 0. The summed E-state index contributed by atoms with van der Waals surface area (Å²) in [5.74, 6) is -0.445. The van der Waals surface area contributed by atoms with Crippen molar-refractivity contribution in [1.29, 1.82) is 0 Å². The van der Waals surface area contributed by atoms with Gasteiger partial charge in [-0.05, 0) is 19.4 Å². The molecular formula is C13H15Cl2N3O3. The topological polar surface area (TPSA) is 84.3 Å². The number of nitrogens with one attached hydrogen (secondary N) is 2. The fraction of sp³-hybridized carbons (Fsp3) is 0.462. The maximum Gasteiger partial charge on any atom is 0.271 e. The summed E-state index contributed by atoms with van der Waals surface area (Å²) >= 11 is 11.8. The molecule has 1 amide bonds. The van der Waals surface area contributed by atoms with Gasteiger partial charge in [0.25, 0.3) is 11.6 Å². The van der Waals surface area contributed by atoms with Gasteiger partial charge < -0.3 is 10.6 Å². The second kappa shape index (κ2) is 7.06. The Kier molecular flexibility index (Phi) is 5.39. The van der Waals surface area contributed by atoms with Gasteiger partial charge in [-0.3, -0.25) is 14.9 Å². The van der Waals surface area contributed by atoms with E-state index < -0.39 is 10.8 Å². The lowest BCUT2D eigenvalue weighted by Crippen LogP contribution is -2.40. The number of nitrogens with zero attached hydrogens (tertiary/aromatic N) is 1. The second-order valence-corrected chi connectivity index (χ2v) is 5.70. The van der Waals surface area contributed by atoms with E-state index in [2.05, 4.69) is 10.6 Å². The number of non-ortho nitro benzene ring substituents is 1. The Morgan fingerprint density at radius 2 is 2.14 bits per heavy atom. The molecule has 114 valence electrons. The SMILES string of the molecule is O=C(NC1CCCCNC1)c1cc([N+](=O)[O-])cc(Cl)c1Cl. The molecule has 1 atom stereocenters. The number of benzene rings is 1. The number of nitro groups is 1. The van der Waals surface area contributed by atoms with E-state index in [1.165, 1.54) is 0 Å². The van der Waals surface area contributed by atoms with Crippen LogP contribution in [-0.4, -0.2) is 30.0 Å². The molecule has 0 radical (unpaired) electrons. The summed E-state index contributed by atoms with van der Waals surface area (Å²) in [6.45, 7) is 1.60. The van der Waals surface area contributed by atoms with Gasteiger partial charge in [0.1, 0.15) is 0 Å². The predicted molar refractivity (Wildman–Crippen MR) is 81.1 cm³/mol. The number of amides is 1. The molecule has 1 aromatic carbocycles. The van der Waals surface area contributed by atoms with Crippen LogP contribution in [0, 0.1) is 10.1 Å². The van der Waals surface area contributed by atoms with Gasteiger partial charge in [-0.1, -0.05) is 29.6 Å². The molecular weight excluding hydrogens is 317 g/mol. The summed E-state index contributed by atoms with van der Waals surface area (Å²) < 4.78 is 0. The molecule has 1 aliphatic rings. The lowest BCUT2D eigenvalue weighted by Gasteiger charge is -2.17. The number of carbonyl (C=O) groups is 1.